The average molecular weight is 444 g/mol. The second-order valence-corrected chi connectivity index (χ2v) is 8.74. The summed E-state index contributed by atoms with van der Waals surface area (Å²) in [7, 11) is 0. The van der Waals surface area contributed by atoms with E-state index in [1.54, 1.807) is 0 Å². The Morgan fingerprint density at radius 1 is 0.844 bits per heavy atom. The molecule has 0 atom stereocenters. The van der Waals surface area contributed by atoms with Crippen molar-refractivity contribution in [3.63, 3.8) is 0 Å². The van der Waals surface area contributed by atoms with Gasteiger partial charge >= 0.3 is 0 Å². The highest BCUT2D eigenvalue weighted by atomic mass is 35.5. The van der Waals surface area contributed by atoms with E-state index in [1.165, 1.54) is 5.56 Å². The monoisotopic (exact) mass is 443 g/mol. The fraction of sp³-hybridized carbons (Fsp3) is 0.222. The van der Waals surface area contributed by atoms with Crippen LogP contribution in [0.15, 0.2) is 78.9 Å². The Labute approximate surface area is 193 Å². The lowest BCUT2D eigenvalue weighted by atomic mass is 10.1. The number of fused-ring (bicyclic) bond motifs is 1. The van der Waals surface area contributed by atoms with E-state index < -0.39 is 0 Å². The van der Waals surface area contributed by atoms with Gasteiger partial charge in [-0.2, -0.15) is 0 Å². The first-order valence-electron chi connectivity index (χ1n) is 11.0. The molecule has 0 radical (unpaired) electrons. The van der Waals surface area contributed by atoms with Gasteiger partial charge in [-0.1, -0.05) is 60.1 Å². The van der Waals surface area contributed by atoms with Crippen molar-refractivity contribution in [2.24, 2.45) is 0 Å². The highest BCUT2D eigenvalue weighted by molar-refractivity contribution is 6.30. The molecular formula is C27H26ClN3O. The number of amides is 1. The number of aromatic nitrogens is 1. The Balaban J connectivity index is 1.40. The molecule has 0 bridgehead atoms. The predicted octanol–water partition coefficient (Wildman–Crippen LogP) is 5.61. The van der Waals surface area contributed by atoms with Gasteiger partial charge in [0.15, 0.2) is 0 Å². The minimum atomic E-state index is 0.126. The van der Waals surface area contributed by atoms with Gasteiger partial charge in [-0.3, -0.25) is 4.79 Å². The van der Waals surface area contributed by atoms with Gasteiger partial charge in [-0.15, -0.1) is 0 Å². The van der Waals surface area contributed by atoms with Gasteiger partial charge in [0.2, 0.25) is 0 Å². The lowest BCUT2D eigenvalue weighted by Gasteiger charge is -2.36. The van der Waals surface area contributed by atoms with Gasteiger partial charge in [0.1, 0.15) is 0 Å². The van der Waals surface area contributed by atoms with Crippen molar-refractivity contribution in [3.8, 4) is 0 Å². The third-order valence-electron chi connectivity index (χ3n) is 6.39. The molecule has 5 heteroatoms. The summed E-state index contributed by atoms with van der Waals surface area (Å²) in [6, 6.07) is 26.6. The Kier molecular flexibility index (Phi) is 5.62. The summed E-state index contributed by atoms with van der Waals surface area (Å²) in [6.07, 6.45) is 0. The molecule has 0 unspecified atom stereocenters. The highest BCUT2D eigenvalue weighted by Gasteiger charge is 2.27. The van der Waals surface area contributed by atoms with Crippen molar-refractivity contribution in [2.45, 2.75) is 13.5 Å². The summed E-state index contributed by atoms with van der Waals surface area (Å²) in [5.41, 5.74) is 5.35. The molecule has 0 spiro atoms. The highest BCUT2D eigenvalue weighted by Crippen LogP contribution is 2.29. The van der Waals surface area contributed by atoms with Crippen LogP contribution in [0.25, 0.3) is 10.9 Å². The normalized spacial score (nSPS) is 14.2. The van der Waals surface area contributed by atoms with E-state index in [0.29, 0.717) is 13.1 Å². The van der Waals surface area contributed by atoms with E-state index in [0.717, 1.165) is 52.5 Å². The number of hydrogen-bond donors (Lipinski definition) is 0. The first-order chi connectivity index (χ1) is 15.6. The molecule has 0 N–H and O–H groups in total. The van der Waals surface area contributed by atoms with E-state index in [9.17, 15) is 4.79 Å². The molecule has 1 aromatic heterocycles. The fourth-order valence-electron chi connectivity index (χ4n) is 4.65. The molecule has 0 aliphatic carbocycles. The van der Waals surface area contributed by atoms with Crippen LogP contribution in [-0.4, -0.2) is 41.6 Å². The largest absolute Gasteiger partial charge is 0.368 e. The molecule has 4 aromatic rings. The fourth-order valence-corrected chi connectivity index (χ4v) is 4.77. The van der Waals surface area contributed by atoms with Crippen LogP contribution in [0.5, 0.6) is 0 Å². The quantitative estimate of drug-likeness (QED) is 0.410. The minimum absolute atomic E-state index is 0.126. The summed E-state index contributed by atoms with van der Waals surface area (Å²) in [5, 5.41) is 1.77. The molecule has 1 aliphatic heterocycles. The zero-order chi connectivity index (χ0) is 22.1. The van der Waals surface area contributed by atoms with Crippen molar-refractivity contribution in [3.05, 3.63) is 101 Å². The summed E-state index contributed by atoms with van der Waals surface area (Å²) >= 11 is 6.03. The predicted molar refractivity (Wildman–Crippen MR) is 132 cm³/mol. The van der Waals surface area contributed by atoms with Gasteiger partial charge in [0.25, 0.3) is 5.91 Å². The molecule has 1 saturated heterocycles. The first-order valence-corrected chi connectivity index (χ1v) is 11.4. The van der Waals surface area contributed by atoms with Crippen molar-refractivity contribution in [2.75, 3.05) is 31.1 Å². The molecule has 1 amide bonds. The van der Waals surface area contributed by atoms with Gasteiger partial charge < -0.3 is 14.4 Å². The van der Waals surface area contributed by atoms with Crippen LogP contribution in [0.3, 0.4) is 0 Å². The number of carbonyl (C=O) groups excluding carboxylic acids is 1. The maximum atomic E-state index is 13.7. The summed E-state index contributed by atoms with van der Waals surface area (Å²) in [4.78, 5) is 18.0. The molecule has 1 fully saturated rings. The molecule has 32 heavy (non-hydrogen) atoms. The Hall–Kier alpha value is -3.24. The topological polar surface area (TPSA) is 28.5 Å². The van der Waals surface area contributed by atoms with Crippen molar-refractivity contribution < 1.29 is 4.79 Å². The molecule has 4 nitrogen and oxygen atoms in total. The number of benzene rings is 3. The van der Waals surface area contributed by atoms with Crippen LogP contribution in [-0.2, 0) is 6.54 Å². The number of piperazine rings is 1. The zero-order valence-corrected chi connectivity index (χ0v) is 18.9. The number of carbonyl (C=O) groups is 1. The smallest absolute Gasteiger partial charge is 0.256 e. The van der Waals surface area contributed by atoms with Gasteiger partial charge in [0.05, 0.1) is 5.56 Å². The van der Waals surface area contributed by atoms with E-state index in [1.807, 2.05) is 47.4 Å². The molecule has 5 rings (SSSR count). The number of anilines is 1. The minimum Gasteiger partial charge on any atom is -0.368 e. The van der Waals surface area contributed by atoms with E-state index in [2.05, 4.69) is 52.8 Å². The third-order valence-corrected chi connectivity index (χ3v) is 6.64. The van der Waals surface area contributed by atoms with Crippen molar-refractivity contribution >= 4 is 34.1 Å². The molecule has 162 valence electrons. The summed E-state index contributed by atoms with van der Waals surface area (Å²) < 4.78 is 2.27. The second kappa shape index (κ2) is 8.71. The van der Waals surface area contributed by atoms with Crippen molar-refractivity contribution in [1.29, 1.82) is 0 Å². The van der Waals surface area contributed by atoms with E-state index in [4.69, 9.17) is 11.6 Å². The standard InChI is InChI=1S/C27H26ClN3O/c1-20-26(24-9-5-6-10-25(24)31(20)19-21-7-3-2-4-8-21)27(32)30-17-15-29(16-18-30)23-13-11-22(28)12-14-23/h2-14H,15-19H2,1H3. The number of nitrogens with zero attached hydrogens (tertiary/aromatic N) is 3. The second-order valence-electron chi connectivity index (χ2n) is 8.30. The van der Waals surface area contributed by atoms with Gasteiger partial charge in [-0.25, -0.2) is 0 Å². The molecule has 1 aliphatic rings. The summed E-state index contributed by atoms with van der Waals surface area (Å²) in [6.45, 7) is 5.87. The maximum Gasteiger partial charge on any atom is 0.256 e. The zero-order valence-electron chi connectivity index (χ0n) is 18.2. The Morgan fingerprint density at radius 3 is 2.22 bits per heavy atom. The third kappa shape index (κ3) is 3.87. The van der Waals surface area contributed by atoms with Crippen LogP contribution in [0.4, 0.5) is 5.69 Å². The first kappa shape index (κ1) is 20.7. The number of halogens is 1. The molecule has 2 heterocycles. The number of hydrogen-bond acceptors (Lipinski definition) is 2. The molecule has 0 saturated carbocycles. The Bertz CT molecular complexity index is 1240. The number of para-hydroxylation sites is 1. The van der Waals surface area contributed by atoms with Crippen LogP contribution >= 0.6 is 11.6 Å². The van der Waals surface area contributed by atoms with Crippen LogP contribution < -0.4 is 4.90 Å². The number of rotatable bonds is 4. The lowest BCUT2D eigenvalue weighted by molar-refractivity contribution is 0.0747. The molecule has 3 aromatic carbocycles. The molecular weight excluding hydrogens is 418 g/mol. The van der Waals surface area contributed by atoms with Crippen LogP contribution in [0.2, 0.25) is 5.02 Å². The van der Waals surface area contributed by atoms with Crippen molar-refractivity contribution in [1.82, 2.24) is 9.47 Å². The maximum absolute atomic E-state index is 13.7. The lowest BCUT2D eigenvalue weighted by Crippen LogP contribution is -2.48. The Morgan fingerprint density at radius 2 is 1.50 bits per heavy atom. The van der Waals surface area contributed by atoms with Gasteiger partial charge in [-0.05, 0) is 42.8 Å². The van der Waals surface area contributed by atoms with Gasteiger partial charge in [0, 0.05) is 60.0 Å². The summed E-state index contributed by atoms with van der Waals surface area (Å²) in [5.74, 6) is 0.126. The van der Waals surface area contributed by atoms with Crippen LogP contribution in [0, 0.1) is 6.92 Å². The SMILES string of the molecule is Cc1c(C(=O)N2CCN(c3ccc(Cl)cc3)CC2)c2ccccc2n1Cc1ccccc1. The van der Waals surface area contributed by atoms with Crippen LogP contribution in [0.1, 0.15) is 21.6 Å². The van der Waals surface area contributed by atoms with E-state index >= 15 is 0 Å². The van der Waals surface area contributed by atoms with E-state index in [-0.39, 0.29) is 5.91 Å². The average Bonchev–Trinajstić information content (AvgIpc) is 3.11.